The van der Waals surface area contributed by atoms with Gasteiger partial charge in [-0.15, -0.1) is 11.3 Å². The summed E-state index contributed by atoms with van der Waals surface area (Å²) in [6.07, 6.45) is 0.834. The van der Waals surface area contributed by atoms with Crippen molar-refractivity contribution in [2.24, 2.45) is 5.73 Å². The SMILES string of the molecule is CCC(N)C(Oc1cccc(C)c1)c1sccc1C. The Labute approximate surface area is 119 Å². The van der Waals surface area contributed by atoms with Crippen molar-refractivity contribution >= 4 is 11.3 Å². The molecular weight excluding hydrogens is 254 g/mol. The molecule has 1 heterocycles. The summed E-state index contributed by atoms with van der Waals surface area (Å²) in [6, 6.07) is 10.3. The van der Waals surface area contributed by atoms with Crippen LogP contribution < -0.4 is 10.5 Å². The highest BCUT2D eigenvalue weighted by atomic mass is 32.1. The lowest BCUT2D eigenvalue weighted by Gasteiger charge is -2.24. The van der Waals surface area contributed by atoms with E-state index in [1.807, 2.05) is 12.1 Å². The Bertz CT molecular complexity index is 535. The summed E-state index contributed by atoms with van der Waals surface area (Å²) in [4.78, 5) is 1.23. The molecule has 0 aliphatic heterocycles. The van der Waals surface area contributed by atoms with Gasteiger partial charge < -0.3 is 10.5 Å². The number of aryl methyl sites for hydroxylation is 2. The predicted octanol–water partition coefficient (Wildman–Crippen LogP) is 4.22. The van der Waals surface area contributed by atoms with E-state index in [1.54, 1.807) is 11.3 Å². The lowest BCUT2D eigenvalue weighted by molar-refractivity contribution is 0.174. The van der Waals surface area contributed by atoms with Crippen LogP contribution in [-0.2, 0) is 0 Å². The fraction of sp³-hybridized carbons (Fsp3) is 0.375. The lowest BCUT2D eigenvalue weighted by atomic mass is 10.1. The topological polar surface area (TPSA) is 35.2 Å². The first-order valence-corrected chi connectivity index (χ1v) is 7.52. The van der Waals surface area contributed by atoms with Gasteiger partial charge in [0.05, 0.1) is 0 Å². The molecule has 0 saturated carbocycles. The summed E-state index contributed by atoms with van der Waals surface area (Å²) >= 11 is 1.72. The van der Waals surface area contributed by atoms with Crippen molar-refractivity contribution in [1.29, 1.82) is 0 Å². The van der Waals surface area contributed by atoms with Crippen molar-refractivity contribution in [2.75, 3.05) is 0 Å². The highest BCUT2D eigenvalue weighted by molar-refractivity contribution is 7.10. The van der Waals surface area contributed by atoms with Crippen molar-refractivity contribution in [2.45, 2.75) is 39.3 Å². The second-order valence-electron chi connectivity index (χ2n) is 4.89. The number of thiophene rings is 1. The molecule has 1 aromatic carbocycles. The molecule has 1 aromatic heterocycles. The van der Waals surface area contributed by atoms with Crippen LogP contribution in [0, 0.1) is 13.8 Å². The van der Waals surface area contributed by atoms with E-state index in [1.165, 1.54) is 16.0 Å². The molecule has 2 atom stereocenters. The number of ether oxygens (including phenoxy) is 1. The first-order chi connectivity index (χ1) is 9.11. The smallest absolute Gasteiger partial charge is 0.148 e. The molecule has 2 unspecified atom stereocenters. The normalized spacial score (nSPS) is 14.1. The van der Waals surface area contributed by atoms with E-state index in [2.05, 4.69) is 44.4 Å². The summed E-state index contributed by atoms with van der Waals surface area (Å²) in [5.74, 6) is 0.890. The third-order valence-corrected chi connectivity index (χ3v) is 4.35. The Balaban J connectivity index is 2.27. The van der Waals surface area contributed by atoms with E-state index in [4.69, 9.17) is 10.5 Å². The largest absolute Gasteiger partial charge is 0.483 e. The maximum atomic E-state index is 6.24. The summed E-state index contributed by atoms with van der Waals surface area (Å²) in [7, 11) is 0. The van der Waals surface area contributed by atoms with Gasteiger partial charge in [-0.3, -0.25) is 0 Å². The molecule has 0 spiro atoms. The third-order valence-electron chi connectivity index (χ3n) is 3.27. The van der Waals surface area contributed by atoms with E-state index in [0.717, 1.165) is 12.2 Å². The second-order valence-corrected chi connectivity index (χ2v) is 5.84. The van der Waals surface area contributed by atoms with Gasteiger partial charge >= 0.3 is 0 Å². The first-order valence-electron chi connectivity index (χ1n) is 6.64. The number of hydrogen-bond donors (Lipinski definition) is 1. The fourth-order valence-electron chi connectivity index (χ4n) is 2.06. The molecule has 3 heteroatoms. The van der Waals surface area contributed by atoms with Gasteiger partial charge in [-0.05, 0) is 55.0 Å². The quantitative estimate of drug-likeness (QED) is 0.886. The maximum absolute atomic E-state index is 6.24. The predicted molar refractivity (Wildman–Crippen MR) is 81.9 cm³/mol. The summed E-state index contributed by atoms with van der Waals surface area (Å²) in [5, 5.41) is 2.10. The second kappa shape index (κ2) is 6.22. The summed E-state index contributed by atoms with van der Waals surface area (Å²) in [5.41, 5.74) is 8.70. The molecule has 2 rings (SSSR count). The van der Waals surface area contributed by atoms with Crippen molar-refractivity contribution in [1.82, 2.24) is 0 Å². The van der Waals surface area contributed by atoms with Gasteiger partial charge in [0.25, 0.3) is 0 Å². The highest BCUT2D eigenvalue weighted by Crippen LogP contribution is 2.31. The van der Waals surface area contributed by atoms with Crippen LogP contribution in [-0.4, -0.2) is 6.04 Å². The maximum Gasteiger partial charge on any atom is 0.148 e. The molecular formula is C16H21NOS. The minimum absolute atomic E-state index is 0.0119. The summed E-state index contributed by atoms with van der Waals surface area (Å²) < 4.78 is 6.16. The Morgan fingerprint density at radius 2 is 2.05 bits per heavy atom. The zero-order chi connectivity index (χ0) is 13.8. The third kappa shape index (κ3) is 3.37. The minimum Gasteiger partial charge on any atom is -0.483 e. The monoisotopic (exact) mass is 275 g/mol. The highest BCUT2D eigenvalue weighted by Gasteiger charge is 2.23. The number of benzene rings is 1. The molecule has 0 aliphatic carbocycles. The van der Waals surface area contributed by atoms with Gasteiger partial charge in [0.2, 0.25) is 0 Å². The molecule has 0 saturated heterocycles. The van der Waals surface area contributed by atoms with Crippen molar-refractivity contribution in [3.8, 4) is 5.75 Å². The van der Waals surface area contributed by atoms with E-state index in [-0.39, 0.29) is 12.1 Å². The van der Waals surface area contributed by atoms with Crippen LogP contribution in [0.25, 0.3) is 0 Å². The van der Waals surface area contributed by atoms with Crippen LogP contribution in [0.2, 0.25) is 0 Å². The van der Waals surface area contributed by atoms with Gasteiger partial charge in [0, 0.05) is 10.9 Å². The van der Waals surface area contributed by atoms with E-state index in [9.17, 15) is 0 Å². The van der Waals surface area contributed by atoms with E-state index >= 15 is 0 Å². The molecule has 102 valence electrons. The van der Waals surface area contributed by atoms with E-state index in [0.29, 0.717) is 0 Å². The zero-order valence-corrected chi connectivity index (χ0v) is 12.5. The van der Waals surface area contributed by atoms with Gasteiger partial charge in [0.15, 0.2) is 0 Å². The lowest BCUT2D eigenvalue weighted by Crippen LogP contribution is -2.31. The Morgan fingerprint density at radius 3 is 2.63 bits per heavy atom. The van der Waals surface area contributed by atoms with Gasteiger partial charge in [-0.25, -0.2) is 0 Å². The average molecular weight is 275 g/mol. The van der Waals surface area contributed by atoms with E-state index < -0.39 is 0 Å². The van der Waals surface area contributed by atoms with Gasteiger partial charge in [0.1, 0.15) is 11.9 Å². The van der Waals surface area contributed by atoms with Crippen LogP contribution >= 0.6 is 11.3 Å². The van der Waals surface area contributed by atoms with Crippen molar-refractivity contribution < 1.29 is 4.74 Å². The molecule has 0 amide bonds. The van der Waals surface area contributed by atoms with Crippen LogP contribution in [0.4, 0.5) is 0 Å². The molecule has 19 heavy (non-hydrogen) atoms. The molecule has 0 radical (unpaired) electrons. The van der Waals surface area contributed by atoms with Crippen LogP contribution in [0.15, 0.2) is 35.7 Å². The average Bonchev–Trinajstić information content (AvgIpc) is 2.81. The van der Waals surface area contributed by atoms with Crippen LogP contribution in [0.1, 0.15) is 35.5 Å². The molecule has 2 N–H and O–H groups in total. The first kappa shape index (κ1) is 14.1. The fourth-order valence-corrected chi connectivity index (χ4v) is 3.09. The Hall–Kier alpha value is -1.32. The minimum atomic E-state index is -0.0631. The number of nitrogens with two attached hydrogens (primary N) is 1. The zero-order valence-electron chi connectivity index (χ0n) is 11.7. The molecule has 2 aromatic rings. The van der Waals surface area contributed by atoms with Gasteiger partial charge in [-0.1, -0.05) is 19.1 Å². The van der Waals surface area contributed by atoms with Crippen LogP contribution in [0.5, 0.6) is 5.75 Å². The molecule has 0 fully saturated rings. The molecule has 2 nitrogen and oxygen atoms in total. The molecule has 0 aliphatic rings. The van der Waals surface area contributed by atoms with Crippen molar-refractivity contribution in [3.63, 3.8) is 0 Å². The Kier molecular flexibility index (Phi) is 4.61. The Morgan fingerprint density at radius 1 is 1.26 bits per heavy atom. The number of hydrogen-bond acceptors (Lipinski definition) is 3. The van der Waals surface area contributed by atoms with Gasteiger partial charge in [-0.2, -0.15) is 0 Å². The summed E-state index contributed by atoms with van der Waals surface area (Å²) in [6.45, 7) is 6.28. The van der Waals surface area contributed by atoms with Crippen molar-refractivity contribution in [3.05, 3.63) is 51.7 Å². The molecule has 0 bridgehead atoms. The van der Waals surface area contributed by atoms with Crippen LogP contribution in [0.3, 0.4) is 0 Å². The number of rotatable bonds is 5. The standard InChI is InChI=1S/C16H21NOS/c1-4-14(17)15(16-12(3)8-9-19-16)18-13-7-5-6-11(2)10-13/h5-10,14-15H,4,17H2,1-3H3.